The summed E-state index contributed by atoms with van der Waals surface area (Å²) in [5.74, 6) is 0.565. The largest absolute Gasteiger partial charge is 0.491 e. The first-order chi connectivity index (χ1) is 11.0. The van der Waals surface area contributed by atoms with Gasteiger partial charge in [-0.25, -0.2) is 0 Å². The molecule has 0 amide bonds. The van der Waals surface area contributed by atoms with Crippen molar-refractivity contribution < 1.29 is 19.6 Å². The number of nitro benzene ring substituents is 1. The zero-order chi connectivity index (χ0) is 16.8. The molecule has 0 aliphatic rings. The number of hydrogen-bond acceptors (Lipinski definition) is 5. The topological polar surface area (TPSA) is 89.7 Å². The van der Waals surface area contributed by atoms with E-state index in [2.05, 4.69) is 0 Å². The molecule has 0 aromatic heterocycles. The Bertz CT molecular complexity index is 696. The minimum Gasteiger partial charge on any atom is -0.491 e. The number of Topliss-reactive ketones (excluding diaryl/α,β-unsaturated/α-hetero) is 1. The third kappa shape index (κ3) is 4.37. The molecule has 1 atom stereocenters. The van der Waals surface area contributed by atoms with Crippen LogP contribution in [0.5, 0.6) is 5.75 Å². The van der Waals surface area contributed by atoms with Gasteiger partial charge in [0.1, 0.15) is 18.5 Å². The SMILES string of the molecule is CCC(=O)c1ccc(OCC(O)c2cccc([N+](=O)[O-])c2)cc1. The van der Waals surface area contributed by atoms with Crippen molar-refractivity contribution in [2.75, 3.05) is 6.61 Å². The van der Waals surface area contributed by atoms with Crippen LogP contribution in [-0.4, -0.2) is 22.4 Å². The predicted octanol–water partition coefficient (Wildman–Crippen LogP) is 3.30. The molecule has 0 aliphatic heterocycles. The first-order valence-electron chi connectivity index (χ1n) is 7.19. The van der Waals surface area contributed by atoms with Crippen molar-refractivity contribution in [2.24, 2.45) is 0 Å². The van der Waals surface area contributed by atoms with Gasteiger partial charge in [0, 0.05) is 24.1 Å². The number of ether oxygens (including phenoxy) is 1. The highest BCUT2D eigenvalue weighted by molar-refractivity contribution is 5.95. The lowest BCUT2D eigenvalue weighted by molar-refractivity contribution is -0.385. The summed E-state index contributed by atoms with van der Waals surface area (Å²) >= 11 is 0. The van der Waals surface area contributed by atoms with E-state index in [4.69, 9.17) is 4.74 Å². The Labute approximate surface area is 133 Å². The molecule has 0 radical (unpaired) electrons. The minimum absolute atomic E-state index is 0.0394. The fourth-order valence-corrected chi connectivity index (χ4v) is 2.06. The molecule has 2 aromatic carbocycles. The van der Waals surface area contributed by atoms with Gasteiger partial charge in [0.2, 0.25) is 0 Å². The van der Waals surface area contributed by atoms with Gasteiger partial charge in [-0.2, -0.15) is 0 Å². The molecule has 0 saturated heterocycles. The van der Waals surface area contributed by atoms with Gasteiger partial charge >= 0.3 is 0 Å². The van der Waals surface area contributed by atoms with Gasteiger partial charge in [-0.3, -0.25) is 14.9 Å². The fraction of sp³-hybridized carbons (Fsp3) is 0.235. The monoisotopic (exact) mass is 315 g/mol. The van der Waals surface area contributed by atoms with Gasteiger partial charge in [0.15, 0.2) is 5.78 Å². The Morgan fingerprint density at radius 3 is 2.57 bits per heavy atom. The van der Waals surface area contributed by atoms with Crippen LogP contribution in [0, 0.1) is 10.1 Å². The highest BCUT2D eigenvalue weighted by atomic mass is 16.6. The summed E-state index contributed by atoms with van der Waals surface area (Å²) < 4.78 is 5.46. The quantitative estimate of drug-likeness (QED) is 0.481. The lowest BCUT2D eigenvalue weighted by atomic mass is 10.1. The molecule has 0 bridgehead atoms. The number of nitrogens with zero attached hydrogens (tertiary/aromatic N) is 1. The average molecular weight is 315 g/mol. The molecule has 6 nitrogen and oxygen atoms in total. The number of carbonyl (C=O) groups excluding carboxylic acids is 1. The average Bonchev–Trinajstić information content (AvgIpc) is 2.59. The van der Waals surface area contributed by atoms with Crippen molar-refractivity contribution in [3.05, 3.63) is 69.8 Å². The van der Waals surface area contributed by atoms with Gasteiger partial charge < -0.3 is 9.84 Å². The standard InChI is InChI=1S/C17H17NO5/c1-2-16(19)12-6-8-15(9-7-12)23-11-17(20)13-4-3-5-14(10-13)18(21)22/h3-10,17,20H,2,11H2,1H3. The van der Waals surface area contributed by atoms with E-state index in [1.807, 2.05) is 0 Å². The highest BCUT2D eigenvalue weighted by Crippen LogP contribution is 2.21. The molecule has 2 rings (SSSR count). The first kappa shape index (κ1) is 16.6. The number of nitro groups is 1. The van der Waals surface area contributed by atoms with E-state index >= 15 is 0 Å². The highest BCUT2D eigenvalue weighted by Gasteiger charge is 2.13. The first-order valence-corrected chi connectivity index (χ1v) is 7.19. The lowest BCUT2D eigenvalue weighted by Gasteiger charge is -2.13. The van der Waals surface area contributed by atoms with Crippen LogP contribution in [0.1, 0.15) is 35.4 Å². The smallest absolute Gasteiger partial charge is 0.269 e. The zero-order valence-corrected chi connectivity index (χ0v) is 12.6. The maximum Gasteiger partial charge on any atom is 0.269 e. The van der Waals surface area contributed by atoms with Crippen LogP contribution < -0.4 is 4.74 Å². The van der Waals surface area contributed by atoms with Crippen molar-refractivity contribution in [3.63, 3.8) is 0 Å². The summed E-state index contributed by atoms with van der Waals surface area (Å²) in [6, 6.07) is 12.4. The molecule has 6 heteroatoms. The summed E-state index contributed by atoms with van der Waals surface area (Å²) in [5.41, 5.74) is 0.944. The number of carbonyl (C=O) groups is 1. The van der Waals surface area contributed by atoms with Gasteiger partial charge in [-0.05, 0) is 29.8 Å². The molecular weight excluding hydrogens is 298 g/mol. The van der Waals surface area contributed by atoms with Crippen LogP contribution in [0.3, 0.4) is 0 Å². The van der Waals surface area contributed by atoms with Gasteiger partial charge in [-0.1, -0.05) is 19.1 Å². The second kappa shape index (κ2) is 7.51. The maximum atomic E-state index is 11.5. The minimum atomic E-state index is -0.980. The van der Waals surface area contributed by atoms with E-state index in [1.165, 1.54) is 18.2 Å². The summed E-state index contributed by atoms with van der Waals surface area (Å²) in [5, 5.41) is 20.8. The molecule has 0 aliphatic carbocycles. The van der Waals surface area contributed by atoms with Crippen LogP contribution >= 0.6 is 0 Å². The van der Waals surface area contributed by atoms with Crippen molar-refractivity contribution >= 4 is 11.5 Å². The summed E-state index contributed by atoms with van der Waals surface area (Å²) in [6.45, 7) is 1.75. The van der Waals surface area contributed by atoms with E-state index in [9.17, 15) is 20.0 Å². The van der Waals surface area contributed by atoms with Gasteiger partial charge in [0.25, 0.3) is 5.69 Å². The van der Waals surface area contributed by atoms with E-state index in [0.717, 1.165) is 0 Å². The molecule has 0 fully saturated rings. The van der Waals surface area contributed by atoms with E-state index < -0.39 is 11.0 Å². The van der Waals surface area contributed by atoms with E-state index in [1.54, 1.807) is 37.3 Å². The van der Waals surface area contributed by atoms with Crippen LogP contribution in [0.4, 0.5) is 5.69 Å². The van der Waals surface area contributed by atoms with Gasteiger partial charge in [-0.15, -0.1) is 0 Å². The van der Waals surface area contributed by atoms with Crippen LogP contribution in [0.2, 0.25) is 0 Å². The molecule has 0 heterocycles. The van der Waals surface area contributed by atoms with Crippen LogP contribution in [0.15, 0.2) is 48.5 Å². The Morgan fingerprint density at radius 2 is 1.96 bits per heavy atom. The summed E-state index contributed by atoms with van der Waals surface area (Å²) in [4.78, 5) is 21.7. The van der Waals surface area contributed by atoms with Crippen molar-refractivity contribution in [3.8, 4) is 5.75 Å². The zero-order valence-electron chi connectivity index (χ0n) is 12.6. The number of rotatable bonds is 7. The molecule has 0 saturated carbocycles. The molecule has 1 unspecified atom stereocenters. The molecule has 2 aromatic rings. The molecule has 120 valence electrons. The summed E-state index contributed by atoms with van der Waals surface area (Å²) in [6.07, 6.45) is -0.544. The summed E-state index contributed by atoms with van der Waals surface area (Å²) in [7, 11) is 0. The maximum absolute atomic E-state index is 11.5. The molecular formula is C17H17NO5. The Balaban J connectivity index is 1.98. The second-order valence-corrected chi connectivity index (χ2v) is 4.98. The number of benzene rings is 2. The number of aliphatic hydroxyl groups is 1. The molecule has 1 N–H and O–H groups in total. The Hall–Kier alpha value is -2.73. The second-order valence-electron chi connectivity index (χ2n) is 4.98. The number of non-ortho nitro benzene ring substituents is 1. The van der Waals surface area contributed by atoms with E-state index in [0.29, 0.717) is 23.3 Å². The van der Waals surface area contributed by atoms with Gasteiger partial charge in [0.05, 0.1) is 4.92 Å². The van der Waals surface area contributed by atoms with E-state index in [-0.39, 0.29) is 18.1 Å². The van der Waals surface area contributed by atoms with Crippen molar-refractivity contribution in [2.45, 2.75) is 19.4 Å². The Morgan fingerprint density at radius 1 is 1.26 bits per heavy atom. The third-order valence-corrected chi connectivity index (χ3v) is 3.37. The lowest BCUT2D eigenvalue weighted by Crippen LogP contribution is -2.10. The van der Waals surface area contributed by atoms with Crippen molar-refractivity contribution in [1.82, 2.24) is 0 Å². The Kier molecular flexibility index (Phi) is 5.43. The fourth-order valence-electron chi connectivity index (χ4n) is 2.06. The molecule has 23 heavy (non-hydrogen) atoms. The third-order valence-electron chi connectivity index (χ3n) is 3.37. The number of ketones is 1. The normalized spacial score (nSPS) is 11.7. The molecule has 0 spiro atoms. The van der Waals surface area contributed by atoms with Crippen LogP contribution in [0.25, 0.3) is 0 Å². The number of hydrogen-bond donors (Lipinski definition) is 1. The predicted molar refractivity (Wildman–Crippen MR) is 84.6 cm³/mol. The van der Waals surface area contributed by atoms with Crippen molar-refractivity contribution in [1.29, 1.82) is 0 Å². The number of aliphatic hydroxyl groups excluding tert-OH is 1. The van der Waals surface area contributed by atoms with Crippen LogP contribution in [-0.2, 0) is 0 Å².